The molecule has 0 heterocycles. The number of aliphatic hydroxyl groups is 1. The number of hydrogen-bond acceptors (Lipinski definition) is 15. The molecule has 0 aliphatic heterocycles. The lowest BCUT2D eigenvalue weighted by atomic mass is 10.1. The van der Waals surface area contributed by atoms with Gasteiger partial charge < -0.3 is 33.8 Å². The van der Waals surface area contributed by atoms with Gasteiger partial charge in [-0.15, -0.1) is 0 Å². The monoisotopic (exact) mass is 1420 g/mol. The lowest BCUT2D eigenvalue weighted by Gasteiger charge is -2.21. The van der Waals surface area contributed by atoms with Crippen molar-refractivity contribution in [1.29, 1.82) is 0 Å². The van der Waals surface area contributed by atoms with Crippen LogP contribution in [0.4, 0.5) is 0 Å². The van der Waals surface area contributed by atoms with E-state index in [1.807, 2.05) is 12.2 Å². The summed E-state index contributed by atoms with van der Waals surface area (Å²) in [6, 6.07) is 0. The van der Waals surface area contributed by atoms with E-state index in [2.05, 4.69) is 137 Å². The smallest absolute Gasteiger partial charge is 0.462 e. The Hall–Kier alpha value is -4.54. The van der Waals surface area contributed by atoms with Crippen LogP contribution in [0.25, 0.3) is 0 Å². The Bertz CT molecular complexity index is 2340. The Labute approximate surface area is 593 Å². The quantitative estimate of drug-likeness (QED) is 0.0169. The van der Waals surface area contributed by atoms with Crippen LogP contribution >= 0.6 is 15.6 Å². The highest BCUT2D eigenvalue weighted by Gasteiger charge is 2.30. The first-order valence-corrected chi connectivity index (χ1v) is 40.8. The van der Waals surface area contributed by atoms with Gasteiger partial charge in [-0.3, -0.25) is 37.3 Å². The molecule has 98 heavy (non-hydrogen) atoms. The summed E-state index contributed by atoms with van der Waals surface area (Å²) < 4.78 is 68.3. The van der Waals surface area contributed by atoms with E-state index in [4.69, 9.17) is 37.0 Å². The number of carbonyl (C=O) groups is 4. The molecule has 0 spiro atoms. The first-order chi connectivity index (χ1) is 47.7. The molecule has 19 heteroatoms. The molecule has 0 aromatic carbocycles. The molecule has 3 N–H and O–H groups in total. The van der Waals surface area contributed by atoms with Gasteiger partial charge in [-0.1, -0.05) is 271 Å². The fourth-order valence-electron chi connectivity index (χ4n) is 9.72. The Balaban J connectivity index is 5.37. The van der Waals surface area contributed by atoms with E-state index in [0.717, 1.165) is 173 Å². The standard InChI is InChI=1S/C79H134O17P2/c1-5-9-13-17-21-25-29-32-34-36-38-41-44-47-51-55-59-63-76(81)89-69-74(95-78(83)65-61-57-53-49-43-28-24-20-16-12-8-4)71-93-97(85,86)91-67-73(80)68-92-98(87,88)94-72-75(96-79(84)66-62-58-54-50-46-40-31-27-23-19-15-11-7-3)70-90-77(82)64-60-56-52-48-45-42-39-37-35-33-30-26-22-18-14-10-6-2/h9-10,13-15,19,21-22,25-27,31-35,39,42,48,52,73-75,80H,5-8,11-12,16-18,20,23-24,28-30,36-38,40-41,43-47,49-51,53-72H2,1-4H3,(H,85,86)(H,87,88)/b13-9-,14-10-,19-15-,25-21-,26-22-,31-27-,34-32-,35-33-,42-39-,52-48-. The van der Waals surface area contributed by atoms with Crippen LogP contribution in [0.15, 0.2) is 122 Å². The third-order valence-electron chi connectivity index (χ3n) is 15.4. The zero-order valence-corrected chi connectivity index (χ0v) is 63.0. The summed E-state index contributed by atoms with van der Waals surface area (Å²) in [5.74, 6) is -2.26. The molecule has 0 fully saturated rings. The summed E-state index contributed by atoms with van der Waals surface area (Å²) in [5, 5.41) is 10.6. The molecule has 562 valence electrons. The summed E-state index contributed by atoms with van der Waals surface area (Å²) in [4.78, 5) is 72.8. The van der Waals surface area contributed by atoms with Crippen LogP contribution in [0.5, 0.6) is 0 Å². The van der Waals surface area contributed by atoms with Gasteiger partial charge in [0.05, 0.1) is 26.4 Å². The highest BCUT2D eigenvalue weighted by atomic mass is 31.2. The summed E-state index contributed by atoms with van der Waals surface area (Å²) in [5.41, 5.74) is 0. The maximum Gasteiger partial charge on any atom is 0.472 e. The molecular weight excluding hydrogens is 1280 g/mol. The van der Waals surface area contributed by atoms with Crippen LogP contribution in [0.1, 0.15) is 297 Å². The Morgan fingerprint density at radius 2 is 0.561 bits per heavy atom. The zero-order valence-electron chi connectivity index (χ0n) is 61.2. The van der Waals surface area contributed by atoms with Gasteiger partial charge in [0.25, 0.3) is 0 Å². The van der Waals surface area contributed by atoms with Gasteiger partial charge >= 0.3 is 39.5 Å². The third kappa shape index (κ3) is 69.9. The van der Waals surface area contributed by atoms with Crippen molar-refractivity contribution in [3.05, 3.63) is 122 Å². The van der Waals surface area contributed by atoms with Gasteiger partial charge in [-0.05, 0) is 122 Å². The molecule has 0 amide bonds. The number of rotatable bonds is 70. The van der Waals surface area contributed by atoms with E-state index in [9.17, 15) is 43.2 Å². The van der Waals surface area contributed by atoms with Crippen LogP contribution in [-0.4, -0.2) is 96.7 Å². The summed E-state index contributed by atoms with van der Waals surface area (Å²) in [6.45, 7) is 4.49. The van der Waals surface area contributed by atoms with Crippen molar-refractivity contribution in [2.24, 2.45) is 0 Å². The minimum absolute atomic E-state index is 0.0645. The van der Waals surface area contributed by atoms with Gasteiger partial charge in [0.1, 0.15) is 19.3 Å². The minimum atomic E-state index is -4.99. The second-order valence-electron chi connectivity index (χ2n) is 24.8. The average molecular weight is 1420 g/mol. The van der Waals surface area contributed by atoms with Gasteiger partial charge in [-0.2, -0.15) is 0 Å². The summed E-state index contributed by atoms with van der Waals surface area (Å²) in [7, 11) is -9.97. The molecule has 0 bridgehead atoms. The van der Waals surface area contributed by atoms with Crippen LogP contribution in [0, 0.1) is 0 Å². The van der Waals surface area contributed by atoms with E-state index in [1.165, 1.54) is 38.5 Å². The van der Waals surface area contributed by atoms with E-state index in [-0.39, 0.29) is 25.7 Å². The maximum absolute atomic E-state index is 13.1. The first-order valence-electron chi connectivity index (χ1n) is 37.8. The molecule has 0 saturated carbocycles. The summed E-state index contributed by atoms with van der Waals surface area (Å²) in [6.07, 6.45) is 76.3. The van der Waals surface area contributed by atoms with Crippen molar-refractivity contribution in [3.8, 4) is 0 Å². The highest BCUT2D eigenvalue weighted by molar-refractivity contribution is 7.47. The van der Waals surface area contributed by atoms with Crippen molar-refractivity contribution < 1.29 is 80.2 Å². The van der Waals surface area contributed by atoms with Crippen LogP contribution < -0.4 is 0 Å². The first kappa shape index (κ1) is 93.5. The minimum Gasteiger partial charge on any atom is -0.462 e. The van der Waals surface area contributed by atoms with E-state index in [0.29, 0.717) is 32.1 Å². The number of phosphoric acid groups is 2. The molecule has 0 aromatic heterocycles. The van der Waals surface area contributed by atoms with Crippen molar-refractivity contribution in [3.63, 3.8) is 0 Å². The van der Waals surface area contributed by atoms with E-state index < -0.39 is 97.5 Å². The Morgan fingerprint density at radius 3 is 0.898 bits per heavy atom. The molecule has 5 atom stereocenters. The molecule has 0 aliphatic carbocycles. The number of esters is 4. The summed E-state index contributed by atoms with van der Waals surface area (Å²) >= 11 is 0. The number of phosphoric ester groups is 2. The second kappa shape index (κ2) is 70.9. The molecule has 0 radical (unpaired) electrons. The zero-order chi connectivity index (χ0) is 71.8. The van der Waals surface area contributed by atoms with Gasteiger partial charge in [0, 0.05) is 25.7 Å². The molecule has 0 aliphatic rings. The van der Waals surface area contributed by atoms with Crippen LogP contribution in [0.3, 0.4) is 0 Å². The fraction of sp³-hybridized carbons (Fsp3) is 0.696. The molecule has 0 rings (SSSR count). The SMILES string of the molecule is CC/C=C\C/C=C\C/C=C\C/C=C\C/C=C\CCCC(=O)OCC(COP(=O)(O)OCC(O)COP(=O)(O)OCC(COC(=O)CCCCCCCCC/C=C\C/C=C\C/C=C\CC)OC(=O)CCCCCCCCCCCCC)OC(=O)CCCCCCC/C=C\C/C=C\CCC. The lowest BCUT2D eigenvalue weighted by Crippen LogP contribution is -2.30. The number of carbonyl (C=O) groups excluding carboxylic acids is 4. The largest absolute Gasteiger partial charge is 0.472 e. The lowest BCUT2D eigenvalue weighted by molar-refractivity contribution is -0.161. The van der Waals surface area contributed by atoms with E-state index >= 15 is 0 Å². The molecule has 0 aromatic rings. The van der Waals surface area contributed by atoms with Crippen molar-refractivity contribution >= 4 is 39.5 Å². The highest BCUT2D eigenvalue weighted by Crippen LogP contribution is 2.45. The predicted molar refractivity (Wildman–Crippen MR) is 399 cm³/mol. The fourth-order valence-corrected chi connectivity index (χ4v) is 11.3. The topological polar surface area (TPSA) is 237 Å². The number of aliphatic hydroxyl groups excluding tert-OH is 1. The molecule has 17 nitrogen and oxygen atoms in total. The molecular formula is C79H134O17P2. The van der Waals surface area contributed by atoms with Gasteiger partial charge in [-0.25, -0.2) is 9.13 Å². The molecule has 0 saturated heterocycles. The number of allylic oxidation sites excluding steroid dienone is 20. The predicted octanol–water partition coefficient (Wildman–Crippen LogP) is 21.6. The maximum atomic E-state index is 13.1. The second-order valence-corrected chi connectivity index (χ2v) is 27.7. The van der Waals surface area contributed by atoms with Crippen molar-refractivity contribution in [2.45, 2.75) is 316 Å². The normalized spacial score (nSPS) is 14.6. The number of hydrogen-bond donors (Lipinski definition) is 3. The average Bonchev–Trinajstić information content (AvgIpc) is 0.973. The van der Waals surface area contributed by atoms with Gasteiger partial charge in [0.2, 0.25) is 0 Å². The number of ether oxygens (including phenoxy) is 4. The third-order valence-corrected chi connectivity index (χ3v) is 17.3. The van der Waals surface area contributed by atoms with Crippen molar-refractivity contribution in [1.82, 2.24) is 0 Å². The van der Waals surface area contributed by atoms with Crippen molar-refractivity contribution in [2.75, 3.05) is 39.6 Å². The van der Waals surface area contributed by atoms with Crippen LogP contribution in [-0.2, 0) is 65.4 Å². The van der Waals surface area contributed by atoms with Crippen LogP contribution in [0.2, 0.25) is 0 Å². The van der Waals surface area contributed by atoms with E-state index in [1.54, 1.807) is 0 Å². The van der Waals surface area contributed by atoms with Gasteiger partial charge in [0.15, 0.2) is 12.2 Å². The Kier molecular flexibility index (Phi) is 67.6. The molecule has 5 unspecified atom stereocenters. The Morgan fingerprint density at radius 1 is 0.296 bits per heavy atom. The number of unbranched alkanes of at least 4 members (excludes halogenated alkanes) is 24.